The molecule has 0 radical (unpaired) electrons. The average Bonchev–Trinajstić information content (AvgIpc) is 2.96. The summed E-state index contributed by atoms with van der Waals surface area (Å²) in [6.07, 6.45) is 2.50. The minimum absolute atomic E-state index is 0.0462. The quantitative estimate of drug-likeness (QED) is 0.330. The number of anilines is 1. The number of pyridine rings is 1. The zero-order valence-electron chi connectivity index (χ0n) is 20.3. The molecule has 2 heterocycles. The van der Waals surface area contributed by atoms with Gasteiger partial charge in [0.2, 0.25) is 5.88 Å². The first-order valence-electron chi connectivity index (χ1n) is 12.0. The number of phenolic OH excluding ortho intramolecular Hbond substituents is 1. The van der Waals surface area contributed by atoms with E-state index in [-0.39, 0.29) is 11.9 Å². The van der Waals surface area contributed by atoms with Crippen LogP contribution in [0, 0.1) is 22.7 Å². The van der Waals surface area contributed by atoms with Crippen LogP contribution in [0.4, 0.5) is 5.69 Å². The number of rotatable bonds is 6. The first kappa shape index (κ1) is 25.2. The fourth-order valence-corrected chi connectivity index (χ4v) is 3.86. The zero-order chi connectivity index (χ0) is 25.9. The van der Waals surface area contributed by atoms with E-state index in [1.165, 1.54) is 11.6 Å². The highest BCUT2D eigenvalue weighted by molar-refractivity contribution is 5.75. The molecule has 0 saturated carbocycles. The van der Waals surface area contributed by atoms with Crippen molar-refractivity contribution in [2.24, 2.45) is 0 Å². The maximum absolute atomic E-state index is 9.59. The number of hydrogen-bond donors (Lipinski definition) is 3. The Morgan fingerprint density at radius 1 is 0.973 bits per heavy atom. The Morgan fingerprint density at radius 2 is 1.70 bits per heavy atom. The van der Waals surface area contributed by atoms with Crippen LogP contribution in [0.5, 0.6) is 11.6 Å². The van der Waals surface area contributed by atoms with Gasteiger partial charge in [-0.1, -0.05) is 48.5 Å². The second-order valence-electron chi connectivity index (χ2n) is 8.46. The fraction of sp³-hybridized carbons (Fsp3) is 0.167. The Hall–Kier alpha value is -4.85. The summed E-state index contributed by atoms with van der Waals surface area (Å²) in [4.78, 5) is 4.43. The molecule has 0 bridgehead atoms. The van der Waals surface area contributed by atoms with Crippen molar-refractivity contribution in [3.8, 4) is 34.9 Å². The third kappa shape index (κ3) is 7.08. The summed E-state index contributed by atoms with van der Waals surface area (Å²) in [5.74, 6) is 0.591. The number of ether oxygens (including phenoxy) is 1. The summed E-state index contributed by atoms with van der Waals surface area (Å²) in [7, 11) is 0. The van der Waals surface area contributed by atoms with E-state index in [4.69, 9.17) is 10.00 Å². The molecule has 3 N–H and O–H groups in total. The summed E-state index contributed by atoms with van der Waals surface area (Å²) < 4.78 is 6.00. The van der Waals surface area contributed by atoms with E-state index in [1.807, 2.05) is 66.7 Å². The van der Waals surface area contributed by atoms with Crippen molar-refractivity contribution in [3.05, 3.63) is 108 Å². The van der Waals surface area contributed by atoms with Gasteiger partial charge in [-0.05, 0) is 54.9 Å². The minimum atomic E-state index is -0.0462. The average molecular weight is 490 g/mol. The molecule has 0 amide bonds. The van der Waals surface area contributed by atoms with Crippen LogP contribution in [0.1, 0.15) is 16.7 Å². The lowest BCUT2D eigenvalue weighted by Crippen LogP contribution is -2.40. The van der Waals surface area contributed by atoms with Crippen LogP contribution in [0.2, 0.25) is 0 Å². The molecule has 37 heavy (non-hydrogen) atoms. The number of nitrogens with zero attached hydrogens (tertiary/aromatic N) is 3. The highest BCUT2D eigenvalue weighted by Crippen LogP contribution is 2.33. The molecular formula is C30H27N5O2. The number of aromatic nitrogens is 1. The van der Waals surface area contributed by atoms with Crippen LogP contribution >= 0.6 is 0 Å². The molecule has 1 aliphatic rings. The minimum Gasteiger partial charge on any atom is -0.508 e. The molecule has 4 aromatic rings. The molecule has 0 saturated heterocycles. The molecule has 7 heteroatoms. The number of hydrogen-bond acceptors (Lipinski definition) is 7. The van der Waals surface area contributed by atoms with Gasteiger partial charge in [0.15, 0.2) is 0 Å². The monoisotopic (exact) mass is 489 g/mol. The van der Waals surface area contributed by atoms with Crippen molar-refractivity contribution in [1.82, 2.24) is 10.3 Å². The van der Waals surface area contributed by atoms with Gasteiger partial charge in [0.05, 0.1) is 35.5 Å². The molecule has 0 aliphatic carbocycles. The van der Waals surface area contributed by atoms with Crippen LogP contribution in [-0.2, 0) is 6.42 Å². The number of fused-ring (bicyclic) bond motifs is 1. The summed E-state index contributed by atoms with van der Waals surface area (Å²) in [5, 5.41) is 34.5. The predicted molar refractivity (Wildman–Crippen MR) is 143 cm³/mol. The lowest BCUT2D eigenvalue weighted by Gasteiger charge is -2.27. The van der Waals surface area contributed by atoms with E-state index in [0.717, 1.165) is 24.2 Å². The molecule has 3 aromatic carbocycles. The Balaban J connectivity index is 0.000000469. The van der Waals surface area contributed by atoms with Crippen LogP contribution in [0.25, 0.3) is 11.1 Å². The highest BCUT2D eigenvalue weighted by atomic mass is 16.5. The standard InChI is InChI=1S/C24H21N5O2.C6H6/c25-11-17-3-1-16(2-4-17)7-8-27-14-21-15-28-23-10-19(13-29-24(23)31-21)22-6-5-20(30)9-18(22)12-26;1-2-4-6-5-3-1/h1-6,9-10,13,21,27-28,30H,7-8,14-15H2;1-6H. The molecule has 7 nitrogen and oxygen atoms in total. The molecule has 1 unspecified atom stereocenters. The van der Waals surface area contributed by atoms with E-state index in [2.05, 4.69) is 27.8 Å². The molecule has 5 rings (SSSR count). The summed E-state index contributed by atoms with van der Waals surface area (Å²) in [5.41, 5.74) is 4.52. The number of nitrogens with one attached hydrogen (secondary N) is 2. The zero-order valence-corrected chi connectivity index (χ0v) is 20.3. The summed E-state index contributed by atoms with van der Waals surface area (Å²) in [6.45, 7) is 2.13. The third-order valence-corrected chi connectivity index (χ3v) is 5.80. The van der Waals surface area contributed by atoms with Gasteiger partial charge in [0.1, 0.15) is 11.9 Å². The van der Waals surface area contributed by atoms with Crippen molar-refractivity contribution < 1.29 is 9.84 Å². The van der Waals surface area contributed by atoms with Crippen LogP contribution in [0.15, 0.2) is 91.1 Å². The number of phenols is 1. The van der Waals surface area contributed by atoms with E-state index in [1.54, 1.807) is 18.3 Å². The first-order valence-corrected chi connectivity index (χ1v) is 12.0. The van der Waals surface area contributed by atoms with E-state index in [9.17, 15) is 10.4 Å². The summed E-state index contributed by atoms with van der Waals surface area (Å²) in [6, 6.07) is 30.5. The second kappa shape index (κ2) is 12.7. The molecule has 0 fully saturated rings. The molecule has 1 aromatic heterocycles. The third-order valence-electron chi connectivity index (χ3n) is 5.80. The van der Waals surface area contributed by atoms with Gasteiger partial charge < -0.3 is 20.5 Å². The van der Waals surface area contributed by atoms with Gasteiger partial charge in [-0.2, -0.15) is 10.5 Å². The number of benzene rings is 3. The number of nitriles is 2. The van der Waals surface area contributed by atoms with Crippen molar-refractivity contribution in [2.45, 2.75) is 12.5 Å². The highest BCUT2D eigenvalue weighted by Gasteiger charge is 2.21. The van der Waals surface area contributed by atoms with E-state index in [0.29, 0.717) is 35.7 Å². The SMILES string of the molecule is N#Cc1ccc(CCNCC2CNc3cc(-c4ccc(O)cc4C#N)cnc3O2)cc1.c1ccccc1. The van der Waals surface area contributed by atoms with Gasteiger partial charge in [-0.3, -0.25) is 0 Å². The van der Waals surface area contributed by atoms with Crippen LogP contribution in [-0.4, -0.2) is 35.8 Å². The molecule has 1 atom stereocenters. The Bertz CT molecular complexity index is 1370. The Labute approximate surface area is 216 Å². The van der Waals surface area contributed by atoms with Crippen LogP contribution in [0.3, 0.4) is 0 Å². The molecule has 0 spiro atoms. The maximum Gasteiger partial charge on any atom is 0.237 e. The van der Waals surface area contributed by atoms with Gasteiger partial charge in [-0.15, -0.1) is 0 Å². The van der Waals surface area contributed by atoms with Gasteiger partial charge in [0, 0.05) is 23.9 Å². The molecular weight excluding hydrogens is 462 g/mol. The largest absolute Gasteiger partial charge is 0.508 e. The lowest BCUT2D eigenvalue weighted by molar-refractivity contribution is 0.194. The lowest BCUT2D eigenvalue weighted by atomic mass is 10.0. The van der Waals surface area contributed by atoms with Gasteiger partial charge in [-0.25, -0.2) is 4.98 Å². The van der Waals surface area contributed by atoms with Crippen LogP contribution < -0.4 is 15.4 Å². The maximum atomic E-state index is 9.59. The van der Waals surface area contributed by atoms with Gasteiger partial charge >= 0.3 is 0 Å². The van der Waals surface area contributed by atoms with Crippen molar-refractivity contribution in [3.63, 3.8) is 0 Å². The normalized spacial score (nSPS) is 13.4. The van der Waals surface area contributed by atoms with E-state index >= 15 is 0 Å². The first-order chi connectivity index (χ1) is 18.2. The predicted octanol–water partition coefficient (Wildman–Crippen LogP) is 4.89. The van der Waals surface area contributed by atoms with Crippen molar-refractivity contribution in [1.29, 1.82) is 10.5 Å². The van der Waals surface area contributed by atoms with Gasteiger partial charge in [0.25, 0.3) is 0 Å². The fourth-order valence-electron chi connectivity index (χ4n) is 3.86. The van der Waals surface area contributed by atoms with E-state index < -0.39 is 0 Å². The number of aromatic hydroxyl groups is 1. The topological polar surface area (TPSA) is 114 Å². The smallest absolute Gasteiger partial charge is 0.237 e. The van der Waals surface area contributed by atoms with Crippen molar-refractivity contribution >= 4 is 5.69 Å². The van der Waals surface area contributed by atoms with Crippen molar-refractivity contribution in [2.75, 3.05) is 25.0 Å². The Morgan fingerprint density at radius 3 is 2.38 bits per heavy atom. The summed E-state index contributed by atoms with van der Waals surface area (Å²) >= 11 is 0. The Kier molecular flexibility index (Phi) is 8.69. The molecule has 1 aliphatic heterocycles. The second-order valence-corrected chi connectivity index (χ2v) is 8.46. The molecule has 184 valence electrons.